The summed E-state index contributed by atoms with van der Waals surface area (Å²) in [5.74, 6) is 0.431. The molecule has 1 atom stereocenters. The number of benzene rings is 1. The number of hydrogen-bond donors (Lipinski definition) is 2. The third-order valence-corrected chi connectivity index (χ3v) is 3.94. The lowest BCUT2D eigenvalue weighted by Gasteiger charge is -2.13. The summed E-state index contributed by atoms with van der Waals surface area (Å²) in [4.78, 5) is 16.4. The predicted octanol–water partition coefficient (Wildman–Crippen LogP) is 2.99. The lowest BCUT2D eigenvalue weighted by atomic mass is 10.1. The molecule has 0 saturated heterocycles. The van der Waals surface area contributed by atoms with Gasteiger partial charge in [-0.1, -0.05) is 29.8 Å². The van der Waals surface area contributed by atoms with Crippen molar-refractivity contribution < 1.29 is 9.90 Å². The van der Waals surface area contributed by atoms with E-state index in [2.05, 4.69) is 10.3 Å². The van der Waals surface area contributed by atoms with Crippen molar-refractivity contribution in [2.45, 2.75) is 6.10 Å². The Balaban J connectivity index is 1.62. The number of rotatable bonds is 5. The number of halogens is 1. The average Bonchev–Trinajstić information content (AvgIpc) is 3.14. The summed E-state index contributed by atoms with van der Waals surface area (Å²) >= 11 is 6.03. The van der Waals surface area contributed by atoms with Crippen LogP contribution in [0.5, 0.6) is 0 Å². The van der Waals surface area contributed by atoms with Crippen molar-refractivity contribution in [2.24, 2.45) is 0 Å². The average molecular weight is 342 g/mol. The number of aliphatic hydroxyl groups excluding tert-OH is 1. The predicted molar refractivity (Wildman–Crippen MR) is 92.3 cm³/mol. The van der Waals surface area contributed by atoms with Gasteiger partial charge in [0.05, 0.1) is 11.7 Å². The van der Waals surface area contributed by atoms with Crippen molar-refractivity contribution in [1.29, 1.82) is 0 Å². The second-order valence-electron chi connectivity index (χ2n) is 5.24. The molecule has 6 heteroatoms. The molecule has 0 aliphatic rings. The molecule has 1 aromatic carbocycles. The quantitative estimate of drug-likeness (QED) is 0.749. The molecule has 5 nitrogen and oxygen atoms in total. The number of aromatic nitrogens is 2. The van der Waals surface area contributed by atoms with Crippen LogP contribution in [-0.4, -0.2) is 27.1 Å². The molecule has 122 valence electrons. The smallest absolute Gasteiger partial charge is 0.252 e. The molecule has 0 aliphatic carbocycles. The van der Waals surface area contributed by atoms with Gasteiger partial charge in [0, 0.05) is 35.7 Å². The first-order valence-electron chi connectivity index (χ1n) is 7.45. The summed E-state index contributed by atoms with van der Waals surface area (Å²) in [5, 5.41) is 13.3. The first-order chi connectivity index (χ1) is 11.6. The fourth-order valence-electron chi connectivity index (χ4n) is 2.31. The molecule has 0 fully saturated rings. The van der Waals surface area contributed by atoms with Crippen LogP contribution < -0.4 is 5.32 Å². The summed E-state index contributed by atoms with van der Waals surface area (Å²) in [7, 11) is 0. The molecular formula is C18H16ClN3O2. The summed E-state index contributed by atoms with van der Waals surface area (Å²) in [6, 6.07) is 14.3. The number of pyridine rings is 1. The van der Waals surface area contributed by atoms with Gasteiger partial charge in [0.15, 0.2) is 0 Å². The number of hydrogen-bond acceptors (Lipinski definition) is 3. The van der Waals surface area contributed by atoms with E-state index >= 15 is 0 Å². The minimum atomic E-state index is -0.866. The van der Waals surface area contributed by atoms with Crippen LogP contribution in [0, 0.1) is 0 Å². The van der Waals surface area contributed by atoms with Gasteiger partial charge in [0.25, 0.3) is 5.91 Å². The Morgan fingerprint density at radius 1 is 1.17 bits per heavy atom. The van der Waals surface area contributed by atoms with Crippen molar-refractivity contribution in [3.63, 3.8) is 0 Å². The maximum atomic E-state index is 12.2. The first-order valence-corrected chi connectivity index (χ1v) is 7.83. The van der Waals surface area contributed by atoms with Crippen LogP contribution in [0.15, 0.2) is 67.1 Å². The highest BCUT2D eigenvalue weighted by atomic mass is 35.5. The maximum Gasteiger partial charge on any atom is 0.252 e. The van der Waals surface area contributed by atoms with Gasteiger partial charge in [-0.2, -0.15) is 0 Å². The molecule has 1 amide bonds. The molecule has 2 N–H and O–H groups in total. The van der Waals surface area contributed by atoms with Crippen molar-refractivity contribution in [3.8, 4) is 5.82 Å². The van der Waals surface area contributed by atoms with Gasteiger partial charge in [-0.3, -0.25) is 4.79 Å². The van der Waals surface area contributed by atoms with Gasteiger partial charge >= 0.3 is 0 Å². The minimum Gasteiger partial charge on any atom is -0.387 e. The summed E-state index contributed by atoms with van der Waals surface area (Å²) in [5.41, 5.74) is 1.01. The Bertz CT molecular complexity index is 817. The van der Waals surface area contributed by atoms with E-state index < -0.39 is 6.10 Å². The number of nitrogens with zero attached hydrogens (tertiary/aromatic N) is 2. The molecule has 24 heavy (non-hydrogen) atoms. The Morgan fingerprint density at radius 2 is 1.92 bits per heavy atom. The number of carbonyl (C=O) groups is 1. The third kappa shape index (κ3) is 3.64. The molecule has 0 saturated carbocycles. The van der Waals surface area contributed by atoms with Gasteiger partial charge in [-0.05, 0) is 30.3 Å². The van der Waals surface area contributed by atoms with E-state index in [1.54, 1.807) is 36.4 Å². The van der Waals surface area contributed by atoms with E-state index in [-0.39, 0.29) is 12.5 Å². The van der Waals surface area contributed by atoms with E-state index in [0.29, 0.717) is 16.1 Å². The Morgan fingerprint density at radius 3 is 2.58 bits per heavy atom. The third-order valence-electron chi connectivity index (χ3n) is 3.60. The maximum absolute atomic E-state index is 12.2. The van der Waals surface area contributed by atoms with Crippen LogP contribution in [0.3, 0.4) is 0 Å². The highest BCUT2D eigenvalue weighted by Gasteiger charge is 2.13. The van der Waals surface area contributed by atoms with Crippen LogP contribution >= 0.6 is 11.6 Å². The highest BCUT2D eigenvalue weighted by Crippen LogP contribution is 2.21. The molecule has 3 rings (SSSR count). The standard InChI is InChI=1S/C18H16ClN3O2/c19-15-6-2-1-5-14(15)16(23)12-21-18(24)13-7-8-17(20-11-13)22-9-3-4-10-22/h1-11,16,23H,12H2,(H,21,24). The number of amides is 1. The molecule has 0 radical (unpaired) electrons. The second kappa shape index (κ2) is 7.29. The SMILES string of the molecule is O=C(NCC(O)c1ccccc1Cl)c1ccc(-n2cccc2)nc1. The molecule has 2 heterocycles. The van der Waals surface area contributed by atoms with Crippen molar-refractivity contribution >= 4 is 17.5 Å². The summed E-state index contributed by atoms with van der Waals surface area (Å²) in [6.07, 6.45) is 4.39. The minimum absolute atomic E-state index is 0.0713. The van der Waals surface area contributed by atoms with Crippen molar-refractivity contribution in [1.82, 2.24) is 14.9 Å². The first kappa shape index (κ1) is 16.2. The van der Waals surface area contributed by atoms with Crippen LogP contribution in [0.1, 0.15) is 22.0 Å². The normalized spacial score (nSPS) is 11.9. The van der Waals surface area contributed by atoms with Gasteiger partial charge in [0.2, 0.25) is 0 Å². The van der Waals surface area contributed by atoms with Crippen molar-refractivity contribution in [2.75, 3.05) is 6.54 Å². The van der Waals surface area contributed by atoms with Gasteiger partial charge < -0.3 is 15.0 Å². The van der Waals surface area contributed by atoms with E-state index in [0.717, 1.165) is 5.82 Å². The monoisotopic (exact) mass is 341 g/mol. The lowest BCUT2D eigenvalue weighted by molar-refractivity contribution is 0.0916. The van der Waals surface area contributed by atoms with Crippen LogP contribution in [-0.2, 0) is 0 Å². The Kier molecular flexibility index (Phi) is 4.93. The van der Waals surface area contributed by atoms with E-state index in [1.807, 2.05) is 29.1 Å². The highest BCUT2D eigenvalue weighted by molar-refractivity contribution is 6.31. The number of nitrogens with one attached hydrogen (secondary N) is 1. The largest absolute Gasteiger partial charge is 0.387 e. The van der Waals surface area contributed by atoms with E-state index in [9.17, 15) is 9.90 Å². The van der Waals surface area contributed by atoms with Crippen LogP contribution in [0.4, 0.5) is 0 Å². The lowest BCUT2D eigenvalue weighted by Crippen LogP contribution is -2.28. The fraction of sp³-hybridized carbons (Fsp3) is 0.111. The topological polar surface area (TPSA) is 67.2 Å². The summed E-state index contributed by atoms with van der Waals surface area (Å²) in [6.45, 7) is 0.0713. The summed E-state index contributed by atoms with van der Waals surface area (Å²) < 4.78 is 1.85. The van der Waals surface area contributed by atoms with Crippen molar-refractivity contribution in [3.05, 3.63) is 83.3 Å². The molecular weight excluding hydrogens is 326 g/mol. The fourth-order valence-corrected chi connectivity index (χ4v) is 2.57. The zero-order valence-corrected chi connectivity index (χ0v) is 13.5. The molecule has 0 bridgehead atoms. The number of carbonyl (C=O) groups excluding carboxylic acids is 1. The molecule has 2 aromatic heterocycles. The van der Waals surface area contributed by atoms with E-state index in [4.69, 9.17) is 11.6 Å². The Hall–Kier alpha value is -2.63. The molecule has 3 aromatic rings. The van der Waals surface area contributed by atoms with Crippen LogP contribution in [0.25, 0.3) is 5.82 Å². The number of aliphatic hydroxyl groups is 1. The van der Waals surface area contributed by atoms with Gasteiger partial charge in [-0.25, -0.2) is 4.98 Å². The second-order valence-corrected chi connectivity index (χ2v) is 5.65. The molecule has 0 aliphatic heterocycles. The zero-order chi connectivity index (χ0) is 16.9. The van der Waals surface area contributed by atoms with Crippen LogP contribution in [0.2, 0.25) is 5.02 Å². The van der Waals surface area contributed by atoms with Gasteiger partial charge in [0.1, 0.15) is 5.82 Å². The van der Waals surface area contributed by atoms with E-state index in [1.165, 1.54) is 6.20 Å². The molecule has 0 spiro atoms. The van der Waals surface area contributed by atoms with Gasteiger partial charge in [-0.15, -0.1) is 0 Å². The zero-order valence-electron chi connectivity index (χ0n) is 12.8. The molecule has 1 unspecified atom stereocenters. The Labute approximate surface area is 144 Å².